The average Bonchev–Trinajstić information content (AvgIpc) is 3.32. The van der Waals surface area contributed by atoms with Crippen molar-refractivity contribution in [2.75, 3.05) is 13.1 Å². The smallest absolute Gasteiger partial charge is 0.156 e. The number of H-pyrrole nitrogens is 1. The topological polar surface area (TPSA) is 58.0 Å². The zero-order valence-corrected chi connectivity index (χ0v) is 13.4. The van der Waals surface area contributed by atoms with Crippen LogP contribution in [0.2, 0.25) is 0 Å². The zero-order chi connectivity index (χ0) is 15.2. The first kappa shape index (κ1) is 13.5. The van der Waals surface area contributed by atoms with Gasteiger partial charge in [-0.2, -0.15) is 0 Å². The molecule has 1 unspecified atom stereocenters. The number of aromatic amines is 1. The van der Waals surface area contributed by atoms with Crippen LogP contribution in [0.5, 0.6) is 0 Å². The predicted octanol–water partition coefficient (Wildman–Crippen LogP) is 3.34. The fourth-order valence-corrected chi connectivity index (χ4v) is 4.40. The summed E-state index contributed by atoms with van der Waals surface area (Å²) < 4.78 is 2.27. The largest absolute Gasteiger partial charge is 0.345 e. The van der Waals surface area contributed by atoms with Gasteiger partial charge in [0, 0.05) is 36.3 Å². The first-order valence-electron chi connectivity index (χ1n) is 8.96. The van der Waals surface area contributed by atoms with E-state index in [9.17, 15) is 0 Å². The van der Waals surface area contributed by atoms with E-state index >= 15 is 0 Å². The van der Waals surface area contributed by atoms with Gasteiger partial charge in [-0.3, -0.25) is 4.40 Å². The molecule has 5 rings (SSSR count). The molecule has 1 aliphatic carbocycles. The van der Waals surface area contributed by atoms with Crippen molar-refractivity contribution in [3.8, 4) is 0 Å². The quantitative estimate of drug-likeness (QED) is 0.763. The van der Waals surface area contributed by atoms with Crippen LogP contribution in [0.15, 0.2) is 18.6 Å². The Kier molecular flexibility index (Phi) is 3.14. The molecule has 1 saturated heterocycles. The van der Waals surface area contributed by atoms with Crippen molar-refractivity contribution in [1.82, 2.24) is 24.7 Å². The van der Waals surface area contributed by atoms with Crippen molar-refractivity contribution < 1.29 is 0 Å². The Balaban J connectivity index is 1.65. The Labute approximate surface area is 135 Å². The zero-order valence-electron chi connectivity index (χ0n) is 13.4. The summed E-state index contributed by atoms with van der Waals surface area (Å²) >= 11 is 0. The van der Waals surface area contributed by atoms with Gasteiger partial charge in [0.05, 0.1) is 17.4 Å². The molecule has 120 valence electrons. The van der Waals surface area contributed by atoms with Crippen molar-refractivity contribution >= 4 is 16.8 Å². The molecule has 5 nitrogen and oxygen atoms in total. The maximum Gasteiger partial charge on any atom is 0.156 e. The van der Waals surface area contributed by atoms with Crippen LogP contribution in [0.1, 0.15) is 61.6 Å². The van der Waals surface area contributed by atoms with Crippen LogP contribution in [0.25, 0.3) is 16.8 Å². The SMILES string of the molecule is c1[nH]c2ncc3nc(C4CCCCC4)cn3c2c1C1CCNC1. The molecule has 2 aliphatic rings. The molecule has 2 fully saturated rings. The lowest BCUT2D eigenvalue weighted by molar-refractivity contribution is 0.438. The van der Waals surface area contributed by atoms with E-state index in [0.717, 1.165) is 24.4 Å². The fourth-order valence-electron chi connectivity index (χ4n) is 4.40. The predicted molar refractivity (Wildman–Crippen MR) is 90.9 cm³/mol. The lowest BCUT2D eigenvalue weighted by Crippen LogP contribution is -2.08. The van der Waals surface area contributed by atoms with Gasteiger partial charge in [-0.25, -0.2) is 9.97 Å². The maximum atomic E-state index is 4.90. The number of nitrogens with zero attached hydrogens (tertiary/aromatic N) is 3. The lowest BCUT2D eigenvalue weighted by Gasteiger charge is -2.19. The highest BCUT2D eigenvalue weighted by Gasteiger charge is 2.23. The summed E-state index contributed by atoms with van der Waals surface area (Å²) in [6, 6.07) is 0. The summed E-state index contributed by atoms with van der Waals surface area (Å²) in [5.41, 5.74) is 5.84. The van der Waals surface area contributed by atoms with Crippen LogP contribution in [-0.2, 0) is 0 Å². The van der Waals surface area contributed by atoms with E-state index in [0.29, 0.717) is 11.8 Å². The van der Waals surface area contributed by atoms with Crippen LogP contribution < -0.4 is 5.32 Å². The summed E-state index contributed by atoms with van der Waals surface area (Å²) in [7, 11) is 0. The molecule has 3 aromatic heterocycles. The van der Waals surface area contributed by atoms with Gasteiger partial charge in [0.15, 0.2) is 11.3 Å². The van der Waals surface area contributed by atoms with Gasteiger partial charge in [-0.15, -0.1) is 0 Å². The van der Waals surface area contributed by atoms with Crippen LogP contribution in [-0.4, -0.2) is 32.4 Å². The van der Waals surface area contributed by atoms with Crippen LogP contribution in [0.4, 0.5) is 0 Å². The molecule has 0 amide bonds. The van der Waals surface area contributed by atoms with Crippen molar-refractivity contribution in [3.05, 3.63) is 29.8 Å². The van der Waals surface area contributed by atoms with Crippen molar-refractivity contribution in [2.24, 2.45) is 0 Å². The molecule has 0 radical (unpaired) electrons. The van der Waals surface area contributed by atoms with Gasteiger partial charge >= 0.3 is 0 Å². The molecule has 2 N–H and O–H groups in total. The Hall–Kier alpha value is -1.88. The van der Waals surface area contributed by atoms with E-state index < -0.39 is 0 Å². The summed E-state index contributed by atoms with van der Waals surface area (Å²) in [6.45, 7) is 2.17. The second-order valence-corrected chi connectivity index (χ2v) is 7.12. The number of hydrogen-bond acceptors (Lipinski definition) is 3. The van der Waals surface area contributed by atoms with Crippen molar-refractivity contribution in [3.63, 3.8) is 0 Å². The van der Waals surface area contributed by atoms with Crippen LogP contribution in [0, 0.1) is 0 Å². The molecule has 1 saturated carbocycles. The number of imidazole rings is 1. The normalized spacial score (nSPS) is 23.2. The molecular formula is C18H23N5. The lowest BCUT2D eigenvalue weighted by atomic mass is 9.87. The maximum absolute atomic E-state index is 4.90. The molecule has 0 aromatic carbocycles. The molecule has 1 atom stereocenters. The number of aromatic nitrogens is 4. The highest BCUT2D eigenvalue weighted by molar-refractivity contribution is 5.79. The minimum atomic E-state index is 0.580. The average molecular weight is 309 g/mol. The highest BCUT2D eigenvalue weighted by atomic mass is 15.1. The number of fused-ring (bicyclic) bond motifs is 3. The summed E-state index contributed by atoms with van der Waals surface area (Å²) in [6.07, 6.45) is 14.2. The third-order valence-electron chi connectivity index (χ3n) is 5.69. The van der Waals surface area contributed by atoms with Gasteiger partial charge in [0.1, 0.15) is 0 Å². The molecule has 1 aliphatic heterocycles. The Morgan fingerprint density at radius 1 is 1.09 bits per heavy atom. The standard InChI is InChI=1S/C18H23N5/c1-2-4-12(5-3-1)15-11-23-16(22-15)10-21-18-17(23)14(9-20-18)13-6-7-19-8-13/h9-13,19-20H,1-8H2. The summed E-state index contributed by atoms with van der Waals surface area (Å²) in [5, 5.41) is 3.47. The minimum absolute atomic E-state index is 0.580. The summed E-state index contributed by atoms with van der Waals surface area (Å²) in [4.78, 5) is 12.9. The molecule has 23 heavy (non-hydrogen) atoms. The van der Waals surface area contributed by atoms with E-state index in [-0.39, 0.29) is 0 Å². The monoisotopic (exact) mass is 309 g/mol. The van der Waals surface area contributed by atoms with E-state index in [4.69, 9.17) is 4.98 Å². The fraction of sp³-hybridized carbons (Fsp3) is 0.556. The minimum Gasteiger partial charge on any atom is -0.345 e. The number of nitrogens with one attached hydrogen (secondary N) is 2. The number of hydrogen-bond donors (Lipinski definition) is 2. The molecule has 3 aromatic rings. The van der Waals surface area contributed by atoms with Crippen LogP contribution in [0.3, 0.4) is 0 Å². The number of rotatable bonds is 2. The molecule has 5 heteroatoms. The van der Waals surface area contributed by atoms with Gasteiger partial charge in [0.2, 0.25) is 0 Å². The third kappa shape index (κ3) is 2.17. The second kappa shape index (κ2) is 5.34. The Morgan fingerprint density at radius 2 is 2.00 bits per heavy atom. The molecular weight excluding hydrogens is 286 g/mol. The van der Waals surface area contributed by atoms with Crippen molar-refractivity contribution in [2.45, 2.75) is 50.4 Å². The Bertz CT molecular complexity index is 834. The highest BCUT2D eigenvalue weighted by Crippen LogP contribution is 2.34. The van der Waals surface area contributed by atoms with Crippen LogP contribution >= 0.6 is 0 Å². The van der Waals surface area contributed by atoms with Crippen molar-refractivity contribution in [1.29, 1.82) is 0 Å². The van der Waals surface area contributed by atoms with E-state index in [1.807, 2.05) is 6.20 Å². The molecule has 0 spiro atoms. The van der Waals surface area contributed by atoms with Gasteiger partial charge in [0.25, 0.3) is 0 Å². The van der Waals surface area contributed by atoms with Gasteiger partial charge in [-0.05, 0) is 25.8 Å². The Morgan fingerprint density at radius 3 is 2.83 bits per heavy atom. The van der Waals surface area contributed by atoms with E-state index in [2.05, 4.69) is 32.1 Å². The van der Waals surface area contributed by atoms with Gasteiger partial charge in [-0.1, -0.05) is 19.3 Å². The first-order valence-corrected chi connectivity index (χ1v) is 8.96. The first-order chi connectivity index (χ1) is 11.4. The third-order valence-corrected chi connectivity index (χ3v) is 5.69. The van der Waals surface area contributed by atoms with E-state index in [1.54, 1.807) is 0 Å². The van der Waals surface area contributed by atoms with E-state index in [1.165, 1.54) is 55.3 Å². The second-order valence-electron chi connectivity index (χ2n) is 7.12. The molecule has 0 bridgehead atoms. The van der Waals surface area contributed by atoms with Gasteiger partial charge < -0.3 is 10.3 Å². The molecule has 4 heterocycles. The summed E-state index contributed by atoms with van der Waals surface area (Å²) in [5.74, 6) is 1.21.